The van der Waals surface area contributed by atoms with Crippen LogP contribution in [0.15, 0.2) is 34.8 Å². The zero-order chi connectivity index (χ0) is 27.6. The van der Waals surface area contributed by atoms with E-state index in [1.54, 1.807) is 0 Å². The van der Waals surface area contributed by atoms with Crippen LogP contribution in [0.5, 0.6) is 5.75 Å². The Kier molecular flexibility index (Phi) is 6.27. The molecule has 1 aromatic rings. The number of primary amides is 1. The Bertz CT molecular complexity index is 1430. The number of carbonyl (C=O) groups excluding carboxylic acids is 3. The number of Topliss-reactive ketones (excluding diaryl/α,β-unsaturated/α-hetero) is 2. The van der Waals surface area contributed by atoms with Crippen molar-refractivity contribution in [1.29, 1.82) is 0 Å². The summed E-state index contributed by atoms with van der Waals surface area (Å²) < 4.78 is 27.8. The first-order valence-corrected chi connectivity index (χ1v) is 14.0. The van der Waals surface area contributed by atoms with Crippen LogP contribution in [0.2, 0.25) is 0 Å². The van der Waals surface area contributed by atoms with Crippen LogP contribution >= 0.6 is 0 Å². The van der Waals surface area contributed by atoms with E-state index in [4.69, 9.17) is 5.73 Å². The lowest BCUT2D eigenvalue weighted by Crippen LogP contribution is -2.57. The lowest BCUT2D eigenvalue weighted by molar-refractivity contribution is -0.144. The maximum Gasteiger partial charge on any atom is 0.255 e. The third-order valence-corrected chi connectivity index (χ3v) is 9.28. The molecule has 3 atom stereocenters. The summed E-state index contributed by atoms with van der Waals surface area (Å²) in [6.45, 7) is 2.07. The Morgan fingerprint density at radius 3 is 2.47 bits per heavy atom. The van der Waals surface area contributed by atoms with Gasteiger partial charge in [-0.05, 0) is 56.3 Å². The second-order valence-electron chi connectivity index (χ2n) is 10.4. The number of likely N-dealkylation sites (tertiary alicyclic amines) is 1. The fourth-order valence-electron chi connectivity index (χ4n) is 6.19. The molecule has 0 bridgehead atoms. The van der Waals surface area contributed by atoms with Gasteiger partial charge in [-0.15, -0.1) is 0 Å². The van der Waals surface area contributed by atoms with Gasteiger partial charge in [-0.3, -0.25) is 19.1 Å². The van der Waals surface area contributed by atoms with Crippen LogP contribution in [0.4, 0.5) is 5.69 Å². The van der Waals surface area contributed by atoms with E-state index in [1.807, 2.05) is 0 Å². The van der Waals surface area contributed by atoms with Crippen molar-refractivity contribution >= 4 is 33.2 Å². The van der Waals surface area contributed by atoms with Crippen molar-refractivity contribution in [2.24, 2.45) is 17.6 Å². The minimum atomic E-state index is -3.74. The molecule has 1 aromatic carbocycles. The highest BCUT2D eigenvalue weighted by atomic mass is 32.2. The first-order valence-electron chi connectivity index (χ1n) is 12.4. The Labute approximate surface area is 218 Å². The van der Waals surface area contributed by atoms with E-state index in [1.165, 1.54) is 6.07 Å². The quantitative estimate of drug-likeness (QED) is 0.270. The van der Waals surface area contributed by atoms with Gasteiger partial charge in [0.2, 0.25) is 15.8 Å². The van der Waals surface area contributed by atoms with Crippen molar-refractivity contribution in [1.82, 2.24) is 4.90 Å². The summed E-state index contributed by atoms with van der Waals surface area (Å²) >= 11 is 0. The summed E-state index contributed by atoms with van der Waals surface area (Å²) in [5, 5.41) is 43.2. The highest BCUT2D eigenvalue weighted by Crippen LogP contribution is 2.51. The number of hydrogen-bond acceptors (Lipinski definition) is 10. The molecule has 7 N–H and O–H groups in total. The van der Waals surface area contributed by atoms with Crippen molar-refractivity contribution in [3.63, 3.8) is 0 Å². The van der Waals surface area contributed by atoms with Gasteiger partial charge in [0, 0.05) is 30.5 Å². The van der Waals surface area contributed by atoms with Gasteiger partial charge in [-0.2, -0.15) is 0 Å². The van der Waals surface area contributed by atoms with Crippen LogP contribution in [0.1, 0.15) is 41.6 Å². The first-order chi connectivity index (χ1) is 17.8. The third-order valence-electron chi connectivity index (χ3n) is 8.02. The normalized spacial score (nSPS) is 27.7. The molecule has 1 amide bonds. The third kappa shape index (κ3) is 4.14. The van der Waals surface area contributed by atoms with Crippen LogP contribution in [-0.2, 0) is 26.0 Å². The fourth-order valence-corrected chi connectivity index (χ4v) is 7.27. The number of fused-ring (bicyclic) bond motifs is 3. The van der Waals surface area contributed by atoms with Gasteiger partial charge in [0.1, 0.15) is 22.8 Å². The van der Waals surface area contributed by atoms with Crippen molar-refractivity contribution < 1.29 is 43.2 Å². The minimum Gasteiger partial charge on any atom is -0.511 e. The van der Waals surface area contributed by atoms with Crippen LogP contribution in [0.25, 0.3) is 0 Å². The number of nitrogens with zero attached hydrogens (tertiary/aromatic N) is 1. The molecular formula is C25H29N3O9S. The molecular weight excluding hydrogens is 518 g/mol. The number of ketones is 2. The molecule has 38 heavy (non-hydrogen) atoms. The number of phenols is 1. The molecule has 204 valence electrons. The second-order valence-corrected chi connectivity index (χ2v) is 12.3. The maximum absolute atomic E-state index is 13.4. The molecule has 1 heterocycles. The molecule has 0 spiro atoms. The number of allylic oxidation sites excluding steroid dienone is 2. The SMILES string of the molecule is NC(=O)C1=C(O)C[C@@H]2CC3Cc4cc(NS(=O)(=O)CCN5CCCC5)cc(O)c4C(=O)C3=C(O)[C@]2(O)C1=O. The molecule has 0 saturated carbocycles. The van der Waals surface area contributed by atoms with E-state index >= 15 is 0 Å². The predicted octanol–water partition coefficient (Wildman–Crippen LogP) is 0.418. The molecule has 1 aliphatic heterocycles. The van der Waals surface area contributed by atoms with E-state index < -0.39 is 67.8 Å². The van der Waals surface area contributed by atoms with E-state index in [0.717, 1.165) is 32.0 Å². The lowest BCUT2D eigenvalue weighted by atomic mass is 9.60. The summed E-state index contributed by atoms with van der Waals surface area (Å²) in [7, 11) is -3.74. The summed E-state index contributed by atoms with van der Waals surface area (Å²) in [6.07, 6.45) is 1.82. The molecule has 1 unspecified atom stereocenters. The molecule has 1 fully saturated rings. The van der Waals surface area contributed by atoms with Crippen molar-refractivity contribution in [3.05, 3.63) is 45.9 Å². The number of nitrogens with two attached hydrogens (primary N) is 1. The highest BCUT2D eigenvalue weighted by Gasteiger charge is 2.59. The molecule has 5 rings (SSSR count). The first kappa shape index (κ1) is 26.2. The predicted molar refractivity (Wildman–Crippen MR) is 134 cm³/mol. The van der Waals surface area contributed by atoms with E-state index in [9.17, 15) is 43.2 Å². The summed E-state index contributed by atoms with van der Waals surface area (Å²) in [6, 6.07) is 2.55. The van der Waals surface area contributed by atoms with Gasteiger partial charge in [0.15, 0.2) is 11.4 Å². The Hall–Kier alpha value is -3.42. The van der Waals surface area contributed by atoms with Crippen LogP contribution in [-0.4, -0.2) is 82.2 Å². The molecule has 3 aliphatic carbocycles. The van der Waals surface area contributed by atoms with Gasteiger partial charge in [-0.1, -0.05) is 0 Å². The van der Waals surface area contributed by atoms with Crippen molar-refractivity contribution in [2.45, 2.75) is 37.7 Å². The van der Waals surface area contributed by atoms with E-state index in [0.29, 0.717) is 12.1 Å². The average Bonchev–Trinajstić information content (AvgIpc) is 3.33. The average molecular weight is 548 g/mol. The number of aliphatic hydroxyl groups excluding tert-OH is 2. The van der Waals surface area contributed by atoms with Gasteiger partial charge >= 0.3 is 0 Å². The topological polar surface area (TPSA) is 208 Å². The lowest BCUT2D eigenvalue weighted by Gasteiger charge is -2.45. The number of phenolic OH excluding ortho intramolecular Hbond substituents is 1. The molecule has 4 aliphatic rings. The number of amides is 1. The number of aromatic hydroxyl groups is 1. The zero-order valence-electron chi connectivity index (χ0n) is 20.4. The Balaban J connectivity index is 1.46. The zero-order valence-corrected chi connectivity index (χ0v) is 21.3. The number of carbonyl (C=O) groups is 3. The number of sulfonamides is 1. The number of nitrogens with one attached hydrogen (secondary N) is 1. The molecule has 13 heteroatoms. The highest BCUT2D eigenvalue weighted by molar-refractivity contribution is 7.92. The monoisotopic (exact) mass is 547 g/mol. The standard InChI is InChI=1S/C25H29N3O9S/c26-24(34)20-16(29)10-14-8-12-7-13-9-15(27-38(36,37)6-5-28-3-1-2-4-28)11-17(30)18(13)21(31)19(12)22(32)25(14,35)23(20)33/h9,11-12,14,27,29-30,32,35H,1-8,10H2,(H2,26,34)/t12?,14-,25-/m0/s1. The summed E-state index contributed by atoms with van der Waals surface area (Å²) in [4.78, 5) is 40.2. The number of benzene rings is 1. The minimum absolute atomic E-state index is 0.00450. The van der Waals surface area contributed by atoms with E-state index in [-0.39, 0.29) is 41.8 Å². The number of hydrogen-bond donors (Lipinski definition) is 6. The van der Waals surface area contributed by atoms with Crippen molar-refractivity contribution in [2.75, 3.05) is 30.1 Å². The number of aliphatic hydroxyl groups is 3. The number of rotatable bonds is 6. The van der Waals surface area contributed by atoms with Crippen LogP contribution < -0.4 is 10.5 Å². The van der Waals surface area contributed by atoms with Crippen molar-refractivity contribution in [3.8, 4) is 5.75 Å². The van der Waals surface area contributed by atoms with Gasteiger partial charge in [-0.25, -0.2) is 8.42 Å². The van der Waals surface area contributed by atoms with Gasteiger partial charge in [0.25, 0.3) is 5.91 Å². The second kappa shape index (κ2) is 9.10. The summed E-state index contributed by atoms with van der Waals surface area (Å²) in [5.41, 5.74) is 1.69. The number of anilines is 1. The largest absolute Gasteiger partial charge is 0.511 e. The molecule has 12 nitrogen and oxygen atoms in total. The maximum atomic E-state index is 13.4. The van der Waals surface area contributed by atoms with Crippen LogP contribution in [0.3, 0.4) is 0 Å². The fraction of sp³-hybridized carbons (Fsp3) is 0.480. The van der Waals surface area contributed by atoms with Gasteiger partial charge < -0.3 is 31.1 Å². The molecule has 0 radical (unpaired) electrons. The van der Waals surface area contributed by atoms with Gasteiger partial charge in [0.05, 0.1) is 17.0 Å². The van der Waals surface area contributed by atoms with Crippen LogP contribution in [0, 0.1) is 11.8 Å². The smallest absolute Gasteiger partial charge is 0.255 e. The van der Waals surface area contributed by atoms with E-state index in [2.05, 4.69) is 9.62 Å². The molecule has 0 aromatic heterocycles. The summed E-state index contributed by atoms with van der Waals surface area (Å²) in [5.74, 6) is -7.31. The Morgan fingerprint density at radius 1 is 1.13 bits per heavy atom. The molecule has 1 saturated heterocycles. The Morgan fingerprint density at radius 2 is 1.82 bits per heavy atom.